The van der Waals surface area contributed by atoms with Gasteiger partial charge in [0, 0.05) is 4.91 Å². The molecule has 0 aromatic carbocycles. The van der Waals surface area contributed by atoms with E-state index < -0.39 is 52.7 Å². The van der Waals surface area contributed by atoms with Crippen molar-refractivity contribution < 1.29 is 47.6 Å². The summed E-state index contributed by atoms with van der Waals surface area (Å²) in [6, 6.07) is 0. The van der Waals surface area contributed by atoms with E-state index in [0.29, 0.717) is 0 Å². The molecule has 3 rings (SSSR count). The molecule has 18 nitrogen and oxygen atoms in total. The van der Waals surface area contributed by atoms with E-state index >= 15 is 0 Å². The zero-order chi connectivity index (χ0) is 22.3. The molecule has 2 aromatic rings. The van der Waals surface area contributed by atoms with Gasteiger partial charge in [-0.1, -0.05) is 0 Å². The van der Waals surface area contributed by atoms with Gasteiger partial charge in [0.25, 0.3) is 0 Å². The number of hydrogen-bond donors (Lipinski definition) is 6. The molecule has 7 N–H and O–H groups in total. The standard InChI is InChI=1S/C10H14N8O10P2/c11-7-4-8(14-2-13-7)18(10(15-4)16-17-12)9-5(19)6(28-30(23,24)25)3(27-9)1-26-29(20,21)22/h2-3,5-6,9,19H,1H2,(H2,11,13,14)(H2,20,21,22)(H2,23,24,25)/t3-,5-,6-,9-/m1/s1/i29+1. The average molecular weight is 469 g/mol. The first-order valence-electron chi connectivity index (χ1n) is 7.72. The zero-order valence-corrected chi connectivity index (χ0v) is 16.3. The van der Waals surface area contributed by atoms with Crippen LogP contribution in [0.25, 0.3) is 21.6 Å². The third-order valence-electron chi connectivity index (χ3n) is 3.85. The van der Waals surface area contributed by atoms with Crippen LogP contribution in [0.4, 0.5) is 11.8 Å². The fourth-order valence-corrected chi connectivity index (χ4v) is 3.70. The SMILES string of the molecule is [N-]=[N+]=Nc1nc2c(N)ncnc2n1[C@@H]1O[C@H](CO[32P](=O)(O)O)[C@@H](OP(=O)(O)O)[C@H]1O. The number of aromatic nitrogens is 4. The van der Waals surface area contributed by atoms with Crippen LogP contribution < -0.4 is 5.73 Å². The third-order valence-corrected chi connectivity index (χ3v) is 4.85. The molecule has 2 aromatic heterocycles. The number of hydrogen-bond acceptors (Lipinski definition) is 11. The average Bonchev–Trinajstić information content (AvgIpc) is 3.11. The molecule has 0 aliphatic carbocycles. The number of anilines is 1. The predicted molar refractivity (Wildman–Crippen MR) is 93.4 cm³/mol. The molecule has 164 valence electrons. The van der Waals surface area contributed by atoms with Crippen molar-refractivity contribution in [2.75, 3.05) is 12.3 Å². The van der Waals surface area contributed by atoms with Crippen molar-refractivity contribution in [3.8, 4) is 0 Å². The van der Waals surface area contributed by atoms with Gasteiger partial charge in [-0.15, -0.1) is 0 Å². The first-order chi connectivity index (χ1) is 13.9. The highest BCUT2D eigenvalue weighted by Gasteiger charge is 2.50. The minimum atomic E-state index is -5.18. The molecule has 1 fully saturated rings. The van der Waals surface area contributed by atoms with E-state index in [1.807, 2.05) is 0 Å². The number of fused-ring (bicyclic) bond motifs is 1. The van der Waals surface area contributed by atoms with Gasteiger partial charge in [0.15, 0.2) is 23.2 Å². The van der Waals surface area contributed by atoms with Gasteiger partial charge >= 0.3 is 15.6 Å². The zero-order valence-electron chi connectivity index (χ0n) is 14.5. The van der Waals surface area contributed by atoms with E-state index in [4.69, 9.17) is 35.6 Å². The van der Waals surface area contributed by atoms with Crippen molar-refractivity contribution >= 4 is 38.6 Å². The molecule has 1 aliphatic heterocycles. The minimum Gasteiger partial charge on any atom is -0.386 e. The van der Waals surface area contributed by atoms with Gasteiger partial charge in [-0.2, -0.15) is 0 Å². The van der Waals surface area contributed by atoms with Gasteiger partial charge in [-0.25, -0.2) is 24.1 Å². The number of nitrogens with zero attached hydrogens (tertiary/aromatic N) is 7. The highest BCUT2D eigenvalue weighted by Crippen LogP contribution is 2.46. The lowest BCUT2D eigenvalue weighted by atomic mass is 10.1. The Hall–Kier alpha value is -2.20. The summed E-state index contributed by atoms with van der Waals surface area (Å²) in [6.07, 6.45) is -5.77. The number of nitrogens with two attached hydrogens (primary N) is 1. The van der Waals surface area contributed by atoms with E-state index in [1.54, 1.807) is 0 Å². The molecule has 0 amide bonds. The van der Waals surface area contributed by atoms with Gasteiger partial charge in [0.2, 0.25) is 5.95 Å². The second-order valence-electron chi connectivity index (χ2n) is 5.81. The molecule has 30 heavy (non-hydrogen) atoms. The summed E-state index contributed by atoms with van der Waals surface area (Å²) in [7, 11) is -10.2. The van der Waals surface area contributed by atoms with E-state index in [-0.39, 0.29) is 17.0 Å². The van der Waals surface area contributed by atoms with Gasteiger partial charge in [-0.05, 0) is 10.6 Å². The van der Waals surface area contributed by atoms with Crippen LogP contribution in [0.1, 0.15) is 6.23 Å². The maximum Gasteiger partial charge on any atom is 0.470 e. The molecular formula is C10H14N8O10P2. The topological polar surface area (TPSA) is 281 Å². The van der Waals surface area contributed by atoms with Gasteiger partial charge < -0.3 is 35.2 Å². The molecule has 0 bridgehead atoms. The van der Waals surface area contributed by atoms with Crippen LogP contribution >= 0.6 is 15.6 Å². The molecule has 0 saturated carbocycles. The highest BCUT2D eigenvalue weighted by atomic mass is 32.2. The van der Waals surface area contributed by atoms with Gasteiger partial charge in [-0.3, -0.25) is 13.6 Å². The minimum absolute atomic E-state index is 0.0296. The largest absolute Gasteiger partial charge is 0.470 e. The van der Waals surface area contributed by atoms with Crippen LogP contribution in [0.15, 0.2) is 11.4 Å². The molecular weight excluding hydrogens is 455 g/mol. The molecule has 20 heteroatoms. The Labute approximate surface area is 165 Å². The summed E-state index contributed by atoms with van der Waals surface area (Å²) in [5.74, 6) is -0.500. The van der Waals surface area contributed by atoms with Crippen LogP contribution in [0.3, 0.4) is 0 Å². The molecule has 1 saturated heterocycles. The Morgan fingerprint density at radius 2 is 2.00 bits per heavy atom. The maximum atomic E-state index is 11.3. The summed E-state index contributed by atoms with van der Waals surface area (Å²) in [4.78, 5) is 50.1. The second-order valence-corrected chi connectivity index (χ2v) is 8.24. The molecule has 0 unspecified atom stereocenters. The smallest absolute Gasteiger partial charge is 0.386 e. The first-order valence-corrected chi connectivity index (χ1v) is 10.8. The van der Waals surface area contributed by atoms with E-state index in [9.17, 15) is 14.2 Å². The van der Waals surface area contributed by atoms with Crippen LogP contribution in [0.5, 0.6) is 0 Å². The van der Waals surface area contributed by atoms with Crippen molar-refractivity contribution in [1.82, 2.24) is 19.5 Å². The second kappa shape index (κ2) is 8.14. The fraction of sp³-hybridized carbons (Fsp3) is 0.500. The van der Waals surface area contributed by atoms with E-state index in [0.717, 1.165) is 10.9 Å². The normalized spacial score (nSPS) is 24.8. The van der Waals surface area contributed by atoms with Crippen molar-refractivity contribution in [2.24, 2.45) is 5.11 Å². The molecule has 3 heterocycles. The Balaban J connectivity index is 2.06. The third kappa shape index (κ3) is 4.75. The van der Waals surface area contributed by atoms with Crippen molar-refractivity contribution in [3.63, 3.8) is 0 Å². The number of ether oxygens (including phenoxy) is 1. The molecule has 0 spiro atoms. The summed E-state index contributed by atoms with van der Waals surface area (Å²) < 4.78 is 37.5. The lowest BCUT2D eigenvalue weighted by molar-refractivity contribution is -0.0494. The maximum absolute atomic E-state index is 11.3. The van der Waals surface area contributed by atoms with Crippen LogP contribution in [-0.4, -0.2) is 69.1 Å². The van der Waals surface area contributed by atoms with Crippen molar-refractivity contribution in [1.29, 1.82) is 0 Å². The monoisotopic (exact) mass is 469 g/mol. The van der Waals surface area contributed by atoms with Crippen molar-refractivity contribution in [2.45, 2.75) is 24.5 Å². The van der Waals surface area contributed by atoms with Crippen molar-refractivity contribution in [3.05, 3.63) is 16.8 Å². The summed E-state index contributed by atoms with van der Waals surface area (Å²) >= 11 is 0. The number of azide groups is 1. The number of nitrogen functional groups attached to an aromatic ring is 1. The summed E-state index contributed by atoms with van der Waals surface area (Å²) in [5.41, 5.74) is 14.4. The van der Waals surface area contributed by atoms with Crippen LogP contribution in [-0.2, 0) is 22.9 Å². The first kappa shape index (κ1) is 22.5. The summed E-state index contributed by atoms with van der Waals surface area (Å²) in [5, 5.41) is 13.9. The Morgan fingerprint density at radius 3 is 2.60 bits per heavy atom. The Morgan fingerprint density at radius 1 is 1.30 bits per heavy atom. The lowest BCUT2D eigenvalue weighted by Gasteiger charge is -2.21. The molecule has 0 radical (unpaired) electrons. The van der Waals surface area contributed by atoms with Gasteiger partial charge in [0.05, 0.1) is 6.61 Å². The number of phosphoric ester groups is 2. The number of imidazole rings is 1. The number of aliphatic hydroxyl groups excluding tert-OH is 1. The number of rotatable bonds is 7. The summed E-state index contributed by atoms with van der Waals surface area (Å²) in [6.45, 7) is -0.914. The number of phosphoric acid groups is 2. The van der Waals surface area contributed by atoms with Crippen LogP contribution in [0.2, 0.25) is 0 Å². The van der Waals surface area contributed by atoms with Crippen LogP contribution in [0, 0.1) is 0 Å². The number of aliphatic hydroxyl groups is 1. The molecule has 4 atom stereocenters. The predicted octanol–water partition coefficient (Wildman–Crippen LogP) is -0.804. The van der Waals surface area contributed by atoms with E-state index in [1.165, 1.54) is 0 Å². The van der Waals surface area contributed by atoms with Gasteiger partial charge in [0.1, 0.15) is 24.6 Å². The van der Waals surface area contributed by atoms with E-state index in [2.05, 4.69) is 34.0 Å². The quantitative estimate of drug-likeness (QED) is 0.125. The Kier molecular flexibility index (Phi) is 6.10. The highest BCUT2D eigenvalue weighted by molar-refractivity contribution is 7.46. The Bertz CT molecular complexity index is 1090. The molecule has 1 aliphatic rings. The fourth-order valence-electron chi connectivity index (χ4n) is 2.79. The lowest BCUT2D eigenvalue weighted by Crippen LogP contribution is -2.35.